The molecule has 0 bridgehead atoms. The second kappa shape index (κ2) is 9.75. The Morgan fingerprint density at radius 3 is 2.42 bits per heavy atom. The highest BCUT2D eigenvalue weighted by atomic mass is 35.5. The second-order valence-electron chi connectivity index (χ2n) is 6.24. The maximum atomic E-state index is 12.3. The summed E-state index contributed by atoms with van der Waals surface area (Å²) in [5.74, 6) is 1.77. The Bertz CT molecular complexity index is 645. The van der Waals surface area contributed by atoms with E-state index in [0.717, 1.165) is 28.3 Å². The maximum absolute atomic E-state index is 12.3. The third-order valence-electron chi connectivity index (χ3n) is 3.69. The fraction of sp³-hybridized carbons (Fsp3) is 0.350. The lowest BCUT2D eigenvalue weighted by Gasteiger charge is -2.21. The summed E-state index contributed by atoms with van der Waals surface area (Å²) in [7, 11) is 0. The van der Waals surface area contributed by atoms with Crippen molar-refractivity contribution >= 4 is 29.3 Å². The summed E-state index contributed by atoms with van der Waals surface area (Å²) in [4.78, 5) is 12.3. The van der Waals surface area contributed by atoms with Gasteiger partial charge in [0.15, 0.2) is 0 Å². The molecule has 0 aliphatic rings. The molecule has 4 heteroatoms. The molecule has 1 atom stereocenters. The Hall–Kier alpha value is -1.45. The highest BCUT2D eigenvalue weighted by Crippen LogP contribution is 2.23. The van der Waals surface area contributed by atoms with E-state index in [2.05, 4.69) is 31.3 Å². The van der Waals surface area contributed by atoms with Crippen molar-refractivity contribution in [3.8, 4) is 0 Å². The Labute approximate surface area is 154 Å². The molecule has 2 aromatic rings. The summed E-state index contributed by atoms with van der Waals surface area (Å²) >= 11 is 7.74. The lowest BCUT2D eigenvalue weighted by Crippen LogP contribution is -2.30. The Morgan fingerprint density at radius 2 is 1.75 bits per heavy atom. The van der Waals surface area contributed by atoms with Crippen LogP contribution in [0, 0.1) is 5.92 Å². The topological polar surface area (TPSA) is 29.1 Å². The van der Waals surface area contributed by atoms with Crippen LogP contribution in [0.4, 0.5) is 0 Å². The number of rotatable bonds is 8. The number of carbonyl (C=O) groups is 1. The van der Waals surface area contributed by atoms with Crippen LogP contribution in [0.25, 0.3) is 0 Å². The van der Waals surface area contributed by atoms with Gasteiger partial charge in [0.1, 0.15) is 0 Å². The van der Waals surface area contributed by atoms with Gasteiger partial charge in [0.25, 0.3) is 0 Å². The van der Waals surface area contributed by atoms with Crippen molar-refractivity contribution in [1.82, 2.24) is 5.32 Å². The van der Waals surface area contributed by atoms with E-state index in [9.17, 15) is 4.79 Å². The van der Waals surface area contributed by atoms with Crippen LogP contribution in [0.15, 0.2) is 54.6 Å². The number of amides is 1. The molecule has 24 heavy (non-hydrogen) atoms. The molecule has 0 heterocycles. The van der Waals surface area contributed by atoms with E-state index in [0.29, 0.717) is 11.7 Å². The van der Waals surface area contributed by atoms with E-state index in [1.165, 1.54) is 0 Å². The number of benzene rings is 2. The van der Waals surface area contributed by atoms with E-state index in [-0.39, 0.29) is 11.9 Å². The zero-order valence-electron chi connectivity index (χ0n) is 14.2. The van der Waals surface area contributed by atoms with Crippen molar-refractivity contribution in [2.24, 2.45) is 5.92 Å². The first-order valence-electron chi connectivity index (χ1n) is 8.21. The van der Waals surface area contributed by atoms with Gasteiger partial charge in [-0.05, 0) is 29.5 Å². The minimum Gasteiger partial charge on any atom is -0.349 e. The number of carbonyl (C=O) groups excluding carboxylic acids is 1. The quantitative estimate of drug-likeness (QED) is 0.674. The maximum Gasteiger partial charge on any atom is 0.230 e. The molecular formula is C20H24ClNOS. The highest BCUT2D eigenvalue weighted by Gasteiger charge is 2.16. The number of hydrogen-bond acceptors (Lipinski definition) is 2. The predicted molar refractivity (Wildman–Crippen MR) is 104 cm³/mol. The predicted octanol–water partition coefficient (Wildman–Crippen LogP) is 5.48. The van der Waals surface area contributed by atoms with E-state index in [1.807, 2.05) is 42.5 Å². The summed E-state index contributed by atoms with van der Waals surface area (Å²) < 4.78 is 0. The van der Waals surface area contributed by atoms with Gasteiger partial charge in [-0.3, -0.25) is 4.79 Å². The zero-order valence-corrected chi connectivity index (χ0v) is 15.7. The molecule has 0 fully saturated rings. The van der Waals surface area contributed by atoms with Gasteiger partial charge in [-0.2, -0.15) is 0 Å². The Balaban J connectivity index is 1.87. The van der Waals surface area contributed by atoms with Gasteiger partial charge in [-0.15, -0.1) is 11.8 Å². The van der Waals surface area contributed by atoms with Crippen LogP contribution in [-0.2, 0) is 10.5 Å². The van der Waals surface area contributed by atoms with Gasteiger partial charge in [0.05, 0.1) is 11.8 Å². The third kappa shape index (κ3) is 6.21. The first-order chi connectivity index (χ1) is 11.6. The van der Waals surface area contributed by atoms with E-state index >= 15 is 0 Å². The zero-order chi connectivity index (χ0) is 17.4. The minimum atomic E-state index is 0.0691. The van der Waals surface area contributed by atoms with Crippen molar-refractivity contribution in [3.63, 3.8) is 0 Å². The molecule has 0 saturated heterocycles. The molecule has 0 aromatic heterocycles. The number of hydrogen-bond donors (Lipinski definition) is 1. The van der Waals surface area contributed by atoms with Gasteiger partial charge in [0.2, 0.25) is 5.91 Å². The molecular weight excluding hydrogens is 338 g/mol. The number of nitrogens with one attached hydrogen (secondary N) is 1. The van der Waals surface area contributed by atoms with E-state index in [1.54, 1.807) is 11.8 Å². The van der Waals surface area contributed by atoms with Crippen LogP contribution >= 0.6 is 23.4 Å². The SMILES string of the molecule is CC(C)C[C@H](NC(=O)CSCc1ccccc1Cl)c1ccccc1. The molecule has 1 amide bonds. The average molecular weight is 362 g/mol. The summed E-state index contributed by atoms with van der Waals surface area (Å²) in [5, 5.41) is 3.93. The Morgan fingerprint density at radius 1 is 1.08 bits per heavy atom. The Kier molecular flexibility index (Phi) is 7.67. The summed E-state index contributed by atoms with van der Waals surface area (Å²) in [5.41, 5.74) is 2.23. The largest absolute Gasteiger partial charge is 0.349 e. The summed E-state index contributed by atoms with van der Waals surface area (Å²) in [6.45, 7) is 4.35. The van der Waals surface area contributed by atoms with Crippen LogP contribution in [-0.4, -0.2) is 11.7 Å². The average Bonchev–Trinajstić information content (AvgIpc) is 2.56. The van der Waals surface area contributed by atoms with Crippen molar-refractivity contribution < 1.29 is 4.79 Å². The molecule has 2 nitrogen and oxygen atoms in total. The molecule has 1 N–H and O–H groups in total. The van der Waals surface area contributed by atoms with Crippen molar-refractivity contribution in [2.75, 3.05) is 5.75 Å². The van der Waals surface area contributed by atoms with Gasteiger partial charge < -0.3 is 5.32 Å². The van der Waals surface area contributed by atoms with Crippen molar-refractivity contribution in [2.45, 2.75) is 32.1 Å². The second-order valence-corrected chi connectivity index (χ2v) is 7.64. The van der Waals surface area contributed by atoms with Crippen LogP contribution in [0.2, 0.25) is 5.02 Å². The highest BCUT2D eigenvalue weighted by molar-refractivity contribution is 7.99. The van der Waals surface area contributed by atoms with Crippen LogP contribution in [0.1, 0.15) is 37.4 Å². The molecule has 2 rings (SSSR count). The molecule has 128 valence electrons. The fourth-order valence-corrected chi connectivity index (χ4v) is 3.66. The standard InChI is InChI=1S/C20H24ClNOS/c1-15(2)12-19(16-8-4-3-5-9-16)22-20(23)14-24-13-17-10-6-7-11-18(17)21/h3-11,15,19H,12-14H2,1-2H3,(H,22,23)/t19-/m0/s1. The van der Waals surface area contributed by atoms with E-state index in [4.69, 9.17) is 11.6 Å². The molecule has 0 aliphatic heterocycles. The molecule has 0 radical (unpaired) electrons. The van der Waals surface area contributed by atoms with E-state index < -0.39 is 0 Å². The first kappa shape index (κ1) is 18.9. The van der Waals surface area contributed by atoms with Gasteiger partial charge >= 0.3 is 0 Å². The van der Waals surface area contributed by atoms with Crippen molar-refractivity contribution in [1.29, 1.82) is 0 Å². The molecule has 0 unspecified atom stereocenters. The molecule has 0 aliphatic carbocycles. The van der Waals surface area contributed by atoms with Gasteiger partial charge in [0, 0.05) is 10.8 Å². The number of halogens is 1. The molecule has 0 spiro atoms. The van der Waals surface area contributed by atoms with Crippen LogP contribution < -0.4 is 5.32 Å². The lowest BCUT2D eigenvalue weighted by molar-refractivity contribution is -0.119. The van der Waals surface area contributed by atoms with Gasteiger partial charge in [-0.25, -0.2) is 0 Å². The van der Waals surface area contributed by atoms with Crippen LogP contribution in [0.3, 0.4) is 0 Å². The first-order valence-corrected chi connectivity index (χ1v) is 9.75. The minimum absolute atomic E-state index is 0.0691. The van der Waals surface area contributed by atoms with Gasteiger partial charge in [-0.1, -0.05) is 74.0 Å². The normalized spacial score (nSPS) is 12.2. The lowest BCUT2D eigenvalue weighted by atomic mass is 9.97. The molecule has 0 saturated carbocycles. The third-order valence-corrected chi connectivity index (χ3v) is 5.04. The molecule has 2 aromatic carbocycles. The fourth-order valence-electron chi connectivity index (χ4n) is 2.54. The summed E-state index contributed by atoms with van der Waals surface area (Å²) in [6, 6.07) is 18.0. The van der Waals surface area contributed by atoms with Crippen molar-refractivity contribution in [3.05, 3.63) is 70.7 Å². The smallest absolute Gasteiger partial charge is 0.230 e. The summed E-state index contributed by atoms with van der Waals surface area (Å²) in [6.07, 6.45) is 0.935. The monoisotopic (exact) mass is 361 g/mol. The number of thioether (sulfide) groups is 1. The van der Waals surface area contributed by atoms with Crippen LogP contribution in [0.5, 0.6) is 0 Å².